The predicted octanol–water partition coefficient (Wildman–Crippen LogP) is 2.20. The number of carbonyl (C=O) groups excluding carboxylic acids is 1. The third kappa shape index (κ3) is 4.28. The van der Waals surface area contributed by atoms with Crippen molar-refractivity contribution in [1.82, 2.24) is 10.2 Å². The van der Waals surface area contributed by atoms with Crippen molar-refractivity contribution >= 4 is 34.6 Å². The number of piperazine rings is 1. The molecule has 1 amide bonds. The van der Waals surface area contributed by atoms with Crippen LogP contribution >= 0.6 is 12.2 Å². The van der Waals surface area contributed by atoms with Gasteiger partial charge >= 0.3 is 0 Å². The lowest BCUT2D eigenvalue weighted by Crippen LogP contribution is -2.52. The summed E-state index contributed by atoms with van der Waals surface area (Å²) in [4.78, 5) is 27.0. The first-order chi connectivity index (χ1) is 14.5. The fourth-order valence-electron chi connectivity index (χ4n) is 3.39. The number of hydrogen-bond acceptors (Lipinski definition) is 7. The summed E-state index contributed by atoms with van der Waals surface area (Å²) in [6, 6.07) is 11.5. The van der Waals surface area contributed by atoms with E-state index in [0.29, 0.717) is 61.6 Å². The van der Waals surface area contributed by atoms with Gasteiger partial charge in [-0.15, -0.1) is 0 Å². The van der Waals surface area contributed by atoms with Crippen molar-refractivity contribution in [1.29, 1.82) is 0 Å². The number of ether oxygens (including phenoxy) is 2. The van der Waals surface area contributed by atoms with Crippen LogP contribution in [0.3, 0.4) is 0 Å². The smallest absolute Gasteiger partial charge is 0.269 e. The lowest BCUT2D eigenvalue weighted by atomic mass is 10.2. The van der Waals surface area contributed by atoms with Crippen molar-refractivity contribution in [2.45, 2.75) is 0 Å². The molecule has 2 aliphatic heterocycles. The second kappa shape index (κ2) is 8.54. The van der Waals surface area contributed by atoms with Crippen molar-refractivity contribution in [2.24, 2.45) is 0 Å². The van der Waals surface area contributed by atoms with E-state index in [9.17, 15) is 14.9 Å². The Bertz CT molecular complexity index is 974. The van der Waals surface area contributed by atoms with Gasteiger partial charge in [-0.2, -0.15) is 0 Å². The molecule has 30 heavy (non-hydrogen) atoms. The average Bonchev–Trinajstić information content (AvgIpc) is 2.79. The van der Waals surface area contributed by atoms with Crippen LogP contribution < -0.4 is 19.7 Å². The van der Waals surface area contributed by atoms with Gasteiger partial charge in [-0.3, -0.25) is 20.2 Å². The van der Waals surface area contributed by atoms with Crippen LogP contribution in [0.2, 0.25) is 0 Å². The number of carbonyl (C=O) groups is 1. The lowest BCUT2D eigenvalue weighted by molar-refractivity contribution is -0.384. The Hall–Kier alpha value is -3.40. The van der Waals surface area contributed by atoms with E-state index in [1.807, 2.05) is 4.90 Å². The molecular weight excluding hydrogens is 408 g/mol. The van der Waals surface area contributed by atoms with Gasteiger partial charge in [-0.25, -0.2) is 0 Å². The highest BCUT2D eigenvalue weighted by Crippen LogP contribution is 2.30. The van der Waals surface area contributed by atoms with Gasteiger partial charge in [-0.1, -0.05) is 0 Å². The topological polar surface area (TPSA) is 97.2 Å². The molecular formula is C20H20N4O5S. The maximum Gasteiger partial charge on any atom is 0.269 e. The summed E-state index contributed by atoms with van der Waals surface area (Å²) in [5.74, 6) is 0.883. The molecule has 0 bridgehead atoms. The Morgan fingerprint density at radius 2 is 1.67 bits per heavy atom. The zero-order chi connectivity index (χ0) is 21.1. The maximum absolute atomic E-state index is 12.6. The molecule has 0 spiro atoms. The van der Waals surface area contributed by atoms with Crippen LogP contribution in [0.1, 0.15) is 10.4 Å². The van der Waals surface area contributed by atoms with Crippen LogP contribution in [-0.2, 0) is 0 Å². The summed E-state index contributed by atoms with van der Waals surface area (Å²) in [7, 11) is 0. The number of amides is 1. The highest BCUT2D eigenvalue weighted by atomic mass is 32.1. The highest BCUT2D eigenvalue weighted by molar-refractivity contribution is 7.80. The molecule has 10 heteroatoms. The Morgan fingerprint density at radius 1 is 1.00 bits per heavy atom. The van der Waals surface area contributed by atoms with E-state index in [0.717, 1.165) is 5.69 Å². The van der Waals surface area contributed by atoms with Gasteiger partial charge in [0.05, 0.1) is 4.92 Å². The van der Waals surface area contributed by atoms with Gasteiger partial charge in [0.1, 0.15) is 13.2 Å². The minimum atomic E-state index is -0.412. The summed E-state index contributed by atoms with van der Waals surface area (Å²) in [6.45, 7) is 3.61. The van der Waals surface area contributed by atoms with E-state index in [1.54, 1.807) is 30.3 Å². The summed E-state index contributed by atoms with van der Waals surface area (Å²) < 4.78 is 11.0. The zero-order valence-corrected chi connectivity index (χ0v) is 16.9. The SMILES string of the molecule is O=C(NC(=S)N1CCN(c2ccc([N+](=O)[O-])cc2)CC1)c1ccc2c(c1)OCCO2. The number of hydrogen-bond donors (Lipinski definition) is 1. The number of rotatable bonds is 3. The minimum absolute atomic E-state index is 0.0698. The van der Waals surface area contributed by atoms with Crippen LogP contribution in [-0.4, -0.2) is 60.2 Å². The second-order valence-corrected chi connectivity index (χ2v) is 7.25. The molecule has 0 atom stereocenters. The first kappa shape index (κ1) is 19.9. The first-order valence-electron chi connectivity index (χ1n) is 9.50. The van der Waals surface area contributed by atoms with Crippen LogP contribution in [0.4, 0.5) is 11.4 Å². The first-order valence-corrected chi connectivity index (χ1v) is 9.91. The number of nitrogens with one attached hydrogen (secondary N) is 1. The number of fused-ring (bicyclic) bond motifs is 1. The molecule has 1 saturated heterocycles. The van der Waals surface area contributed by atoms with Gasteiger partial charge in [0.25, 0.3) is 11.6 Å². The molecule has 0 aromatic heterocycles. The number of nitro groups is 1. The standard InChI is InChI=1S/C20H20N4O5S/c25-19(14-1-6-17-18(13-14)29-12-11-28-17)21-20(30)23-9-7-22(8-10-23)15-2-4-16(5-3-15)24(26)27/h1-6,13H,7-12H2,(H,21,25,30). The van der Waals surface area contributed by atoms with Crippen molar-refractivity contribution < 1.29 is 19.2 Å². The molecule has 156 valence electrons. The molecule has 0 aliphatic carbocycles. The van der Waals surface area contributed by atoms with Crippen molar-refractivity contribution in [2.75, 3.05) is 44.3 Å². The third-order valence-electron chi connectivity index (χ3n) is 5.02. The van der Waals surface area contributed by atoms with Crippen molar-refractivity contribution in [3.05, 3.63) is 58.1 Å². The van der Waals surface area contributed by atoms with Gasteiger partial charge in [0.15, 0.2) is 16.6 Å². The molecule has 2 aliphatic rings. The Kier molecular flexibility index (Phi) is 5.66. The monoisotopic (exact) mass is 428 g/mol. The molecule has 0 unspecified atom stereocenters. The van der Waals surface area contributed by atoms with Crippen LogP contribution in [0.25, 0.3) is 0 Å². The highest BCUT2D eigenvalue weighted by Gasteiger charge is 2.22. The quantitative estimate of drug-likeness (QED) is 0.452. The number of nitrogens with zero attached hydrogens (tertiary/aromatic N) is 3. The molecule has 2 aromatic carbocycles. The summed E-state index contributed by atoms with van der Waals surface area (Å²) in [5, 5.41) is 13.9. The second-order valence-electron chi connectivity index (χ2n) is 6.87. The molecule has 1 N–H and O–H groups in total. The van der Waals surface area contributed by atoms with E-state index in [2.05, 4.69) is 10.2 Å². The number of non-ortho nitro benzene ring substituents is 1. The van der Waals surface area contributed by atoms with Crippen LogP contribution in [0.15, 0.2) is 42.5 Å². The Labute approximate surface area is 178 Å². The van der Waals surface area contributed by atoms with E-state index in [1.165, 1.54) is 12.1 Å². The largest absolute Gasteiger partial charge is 0.486 e. The van der Waals surface area contributed by atoms with Crippen LogP contribution in [0.5, 0.6) is 11.5 Å². The molecule has 1 fully saturated rings. The van der Waals surface area contributed by atoms with E-state index >= 15 is 0 Å². The fourth-order valence-corrected chi connectivity index (χ4v) is 3.66. The number of benzene rings is 2. The minimum Gasteiger partial charge on any atom is -0.486 e. The molecule has 2 heterocycles. The summed E-state index contributed by atoms with van der Waals surface area (Å²) >= 11 is 5.42. The third-order valence-corrected chi connectivity index (χ3v) is 5.38. The molecule has 0 saturated carbocycles. The van der Waals surface area contributed by atoms with Gasteiger partial charge in [0.2, 0.25) is 0 Å². The van der Waals surface area contributed by atoms with Gasteiger partial charge in [-0.05, 0) is 42.5 Å². The molecule has 0 radical (unpaired) electrons. The predicted molar refractivity (Wildman–Crippen MR) is 114 cm³/mol. The molecule has 9 nitrogen and oxygen atoms in total. The normalized spacial score (nSPS) is 15.5. The summed E-state index contributed by atoms with van der Waals surface area (Å²) in [5.41, 5.74) is 1.44. The summed E-state index contributed by atoms with van der Waals surface area (Å²) in [6.07, 6.45) is 0. The van der Waals surface area contributed by atoms with E-state index in [-0.39, 0.29) is 11.6 Å². The Morgan fingerprint density at radius 3 is 2.33 bits per heavy atom. The number of nitro benzene ring substituents is 1. The average molecular weight is 428 g/mol. The van der Waals surface area contributed by atoms with Crippen molar-refractivity contribution in [3.8, 4) is 11.5 Å². The number of anilines is 1. The van der Waals surface area contributed by atoms with Gasteiger partial charge < -0.3 is 19.3 Å². The molecule has 4 rings (SSSR count). The lowest BCUT2D eigenvalue weighted by Gasteiger charge is -2.37. The Balaban J connectivity index is 1.32. The van der Waals surface area contributed by atoms with Gasteiger partial charge in [0, 0.05) is 49.6 Å². The zero-order valence-electron chi connectivity index (χ0n) is 16.1. The molecule has 2 aromatic rings. The van der Waals surface area contributed by atoms with E-state index in [4.69, 9.17) is 21.7 Å². The van der Waals surface area contributed by atoms with Crippen LogP contribution in [0, 0.1) is 10.1 Å². The number of thiocarbonyl (C=S) groups is 1. The van der Waals surface area contributed by atoms with E-state index < -0.39 is 4.92 Å². The van der Waals surface area contributed by atoms with Crippen molar-refractivity contribution in [3.63, 3.8) is 0 Å². The fraction of sp³-hybridized carbons (Fsp3) is 0.300. The maximum atomic E-state index is 12.6.